The van der Waals surface area contributed by atoms with Crippen molar-refractivity contribution in [3.8, 4) is 0 Å². The SMILES string of the molecule is O=C(Nc1ccc(Cl)cc1N1CCN(C/C=C/c2ccc(Cl)cc2)CC1)c1ccnc(Cl)c1. The minimum absolute atomic E-state index is 0.242. The van der Waals surface area contributed by atoms with Crippen LogP contribution in [0.4, 0.5) is 11.4 Å². The first-order valence-corrected chi connectivity index (χ1v) is 11.7. The molecule has 1 aliphatic rings. The summed E-state index contributed by atoms with van der Waals surface area (Å²) < 4.78 is 0. The number of aromatic nitrogens is 1. The average Bonchev–Trinajstić information content (AvgIpc) is 2.82. The number of amides is 1. The van der Waals surface area contributed by atoms with E-state index in [0.717, 1.165) is 49.0 Å². The third-order valence-corrected chi connectivity index (χ3v) is 6.15. The first kappa shape index (κ1) is 23.6. The Morgan fingerprint density at radius 3 is 2.39 bits per heavy atom. The Kier molecular flexibility index (Phi) is 7.89. The number of piperazine rings is 1. The summed E-state index contributed by atoms with van der Waals surface area (Å²) in [7, 11) is 0. The van der Waals surface area contributed by atoms with Gasteiger partial charge >= 0.3 is 0 Å². The van der Waals surface area contributed by atoms with Gasteiger partial charge in [0.25, 0.3) is 5.91 Å². The van der Waals surface area contributed by atoms with E-state index in [1.165, 1.54) is 6.20 Å². The van der Waals surface area contributed by atoms with E-state index in [9.17, 15) is 4.79 Å². The number of carbonyl (C=O) groups excluding carboxylic acids is 1. The van der Waals surface area contributed by atoms with Gasteiger partial charge in [0, 0.05) is 54.5 Å². The third kappa shape index (κ3) is 6.49. The highest BCUT2D eigenvalue weighted by Crippen LogP contribution is 2.31. The van der Waals surface area contributed by atoms with Crippen molar-refractivity contribution in [1.82, 2.24) is 9.88 Å². The van der Waals surface area contributed by atoms with E-state index in [1.807, 2.05) is 36.4 Å². The van der Waals surface area contributed by atoms with Gasteiger partial charge in [0.05, 0.1) is 11.4 Å². The van der Waals surface area contributed by atoms with Gasteiger partial charge in [-0.05, 0) is 48.0 Å². The summed E-state index contributed by atoms with van der Waals surface area (Å²) in [5.41, 5.74) is 3.21. The minimum Gasteiger partial charge on any atom is -0.367 e. The second kappa shape index (κ2) is 11.0. The molecule has 1 aliphatic heterocycles. The van der Waals surface area contributed by atoms with Crippen molar-refractivity contribution in [2.24, 2.45) is 0 Å². The van der Waals surface area contributed by atoms with Crippen LogP contribution < -0.4 is 10.2 Å². The van der Waals surface area contributed by atoms with E-state index in [-0.39, 0.29) is 11.1 Å². The monoisotopic (exact) mass is 500 g/mol. The fourth-order valence-corrected chi connectivity index (χ4v) is 4.16. The number of carbonyl (C=O) groups is 1. The highest BCUT2D eigenvalue weighted by atomic mass is 35.5. The summed E-state index contributed by atoms with van der Waals surface area (Å²) in [6.07, 6.45) is 5.79. The van der Waals surface area contributed by atoms with Gasteiger partial charge in [-0.15, -0.1) is 0 Å². The minimum atomic E-state index is -0.242. The van der Waals surface area contributed by atoms with Crippen LogP contribution in [0, 0.1) is 0 Å². The van der Waals surface area contributed by atoms with Gasteiger partial charge in [-0.25, -0.2) is 4.98 Å². The lowest BCUT2D eigenvalue weighted by Crippen LogP contribution is -2.46. The van der Waals surface area contributed by atoms with E-state index in [4.69, 9.17) is 34.8 Å². The van der Waals surface area contributed by atoms with Crippen LogP contribution in [-0.4, -0.2) is 48.5 Å². The highest BCUT2D eigenvalue weighted by molar-refractivity contribution is 6.31. The molecule has 0 spiro atoms. The van der Waals surface area contributed by atoms with Crippen LogP contribution in [-0.2, 0) is 0 Å². The topological polar surface area (TPSA) is 48.5 Å². The van der Waals surface area contributed by atoms with Crippen LogP contribution >= 0.6 is 34.8 Å². The average molecular weight is 502 g/mol. The molecular formula is C25H23Cl3N4O. The number of anilines is 2. The fourth-order valence-electron chi connectivity index (χ4n) is 3.69. The van der Waals surface area contributed by atoms with Gasteiger partial charge in [0.15, 0.2) is 0 Å². The molecule has 1 saturated heterocycles. The largest absolute Gasteiger partial charge is 0.367 e. The molecule has 33 heavy (non-hydrogen) atoms. The molecule has 0 atom stereocenters. The number of nitrogens with one attached hydrogen (secondary N) is 1. The lowest BCUT2D eigenvalue weighted by Gasteiger charge is -2.36. The highest BCUT2D eigenvalue weighted by Gasteiger charge is 2.20. The number of rotatable bonds is 6. The van der Waals surface area contributed by atoms with Crippen molar-refractivity contribution >= 4 is 58.2 Å². The smallest absolute Gasteiger partial charge is 0.255 e. The molecule has 0 radical (unpaired) electrons. The van der Waals surface area contributed by atoms with E-state index >= 15 is 0 Å². The van der Waals surface area contributed by atoms with E-state index < -0.39 is 0 Å². The van der Waals surface area contributed by atoms with E-state index in [1.54, 1.807) is 18.2 Å². The van der Waals surface area contributed by atoms with Gasteiger partial charge < -0.3 is 10.2 Å². The van der Waals surface area contributed by atoms with Crippen LogP contribution in [0.1, 0.15) is 15.9 Å². The first-order chi connectivity index (χ1) is 16.0. The molecule has 4 rings (SSSR count). The Hall–Kier alpha value is -2.57. The zero-order valence-electron chi connectivity index (χ0n) is 17.8. The predicted molar refractivity (Wildman–Crippen MR) is 138 cm³/mol. The first-order valence-electron chi connectivity index (χ1n) is 10.6. The Morgan fingerprint density at radius 1 is 0.939 bits per heavy atom. The van der Waals surface area contributed by atoms with Crippen LogP contribution in [0.25, 0.3) is 6.08 Å². The van der Waals surface area contributed by atoms with Crippen LogP contribution in [0.3, 0.4) is 0 Å². The number of pyridine rings is 1. The van der Waals surface area contributed by atoms with Gasteiger partial charge in [0.2, 0.25) is 0 Å². The molecule has 1 fully saturated rings. The molecule has 2 aromatic carbocycles. The molecule has 0 saturated carbocycles. The Bertz CT molecular complexity index is 1140. The summed E-state index contributed by atoms with van der Waals surface area (Å²) in [6.45, 7) is 4.35. The van der Waals surface area contributed by atoms with Gasteiger partial charge in [-0.2, -0.15) is 0 Å². The summed E-state index contributed by atoms with van der Waals surface area (Å²) in [5, 5.41) is 4.63. The Morgan fingerprint density at radius 2 is 1.67 bits per heavy atom. The zero-order chi connectivity index (χ0) is 23.2. The summed E-state index contributed by atoms with van der Waals surface area (Å²) >= 11 is 18.1. The molecule has 0 unspecified atom stereocenters. The lowest BCUT2D eigenvalue weighted by atomic mass is 10.2. The molecule has 0 bridgehead atoms. The molecular weight excluding hydrogens is 479 g/mol. The van der Waals surface area contributed by atoms with Gasteiger partial charge in [0.1, 0.15) is 5.15 Å². The molecule has 8 heteroatoms. The quantitative estimate of drug-likeness (QED) is 0.413. The number of halogens is 3. The standard InChI is InChI=1S/C25H23Cl3N4O/c26-20-5-3-18(4-6-20)2-1-11-31-12-14-32(15-13-31)23-17-21(27)7-8-22(23)30-25(33)19-9-10-29-24(28)16-19/h1-10,16-17H,11-15H2,(H,30,33)/b2-1+. The second-order valence-corrected chi connectivity index (χ2v) is 8.98. The molecule has 170 valence electrons. The van der Waals surface area contributed by atoms with Crippen molar-refractivity contribution in [3.63, 3.8) is 0 Å². The third-order valence-electron chi connectivity index (χ3n) is 5.45. The number of nitrogens with zero attached hydrogens (tertiary/aromatic N) is 3. The van der Waals surface area contributed by atoms with Crippen molar-refractivity contribution in [1.29, 1.82) is 0 Å². The maximum absolute atomic E-state index is 12.7. The van der Waals surface area contributed by atoms with Crippen molar-refractivity contribution in [2.45, 2.75) is 0 Å². The number of benzene rings is 2. The number of hydrogen-bond acceptors (Lipinski definition) is 4. The summed E-state index contributed by atoms with van der Waals surface area (Å²) in [4.78, 5) is 21.3. The molecule has 2 heterocycles. The summed E-state index contributed by atoms with van der Waals surface area (Å²) in [6, 6.07) is 16.5. The molecule has 1 aromatic heterocycles. The van der Waals surface area contributed by atoms with E-state index in [0.29, 0.717) is 16.3 Å². The Balaban J connectivity index is 1.38. The summed E-state index contributed by atoms with van der Waals surface area (Å²) in [5.74, 6) is -0.242. The molecule has 3 aromatic rings. The fraction of sp³-hybridized carbons (Fsp3) is 0.200. The van der Waals surface area contributed by atoms with Crippen molar-refractivity contribution in [2.75, 3.05) is 42.9 Å². The second-order valence-electron chi connectivity index (χ2n) is 7.72. The Labute approximate surface area is 208 Å². The zero-order valence-corrected chi connectivity index (χ0v) is 20.1. The molecule has 5 nitrogen and oxygen atoms in total. The van der Waals surface area contributed by atoms with Gasteiger partial charge in [-0.3, -0.25) is 9.69 Å². The van der Waals surface area contributed by atoms with Crippen LogP contribution in [0.15, 0.2) is 66.9 Å². The number of hydrogen-bond donors (Lipinski definition) is 1. The predicted octanol–water partition coefficient (Wildman–Crippen LogP) is 6.13. The van der Waals surface area contributed by atoms with Crippen molar-refractivity contribution in [3.05, 3.63) is 93.2 Å². The van der Waals surface area contributed by atoms with Crippen LogP contribution in [0.5, 0.6) is 0 Å². The molecule has 1 N–H and O–H groups in total. The molecule has 1 amide bonds. The van der Waals surface area contributed by atoms with Crippen molar-refractivity contribution < 1.29 is 4.79 Å². The maximum Gasteiger partial charge on any atom is 0.255 e. The van der Waals surface area contributed by atoms with Gasteiger partial charge in [-0.1, -0.05) is 59.1 Å². The normalized spacial score (nSPS) is 14.6. The maximum atomic E-state index is 12.7. The van der Waals surface area contributed by atoms with E-state index in [2.05, 4.69) is 32.3 Å². The van der Waals surface area contributed by atoms with Crippen LogP contribution in [0.2, 0.25) is 15.2 Å². The lowest BCUT2D eigenvalue weighted by molar-refractivity contribution is 0.102. The molecule has 0 aliphatic carbocycles.